The van der Waals surface area contributed by atoms with Gasteiger partial charge in [-0.1, -0.05) is 41.4 Å². The Balaban J connectivity index is 1.98. The van der Waals surface area contributed by atoms with Gasteiger partial charge in [-0.2, -0.15) is 0 Å². The number of carboxylic acids is 1. The fraction of sp³-hybridized carbons (Fsp3) is 0.111. The fourth-order valence-corrected chi connectivity index (χ4v) is 4.38. The van der Waals surface area contributed by atoms with Gasteiger partial charge in [-0.15, -0.1) is 11.8 Å². The molecule has 128 valence electrons. The smallest absolute Gasteiger partial charge is 0.336 e. The van der Waals surface area contributed by atoms with Crippen LogP contribution >= 0.6 is 35.0 Å². The van der Waals surface area contributed by atoms with Gasteiger partial charge in [0, 0.05) is 33.9 Å². The van der Waals surface area contributed by atoms with Crippen molar-refractivity contribution in [2.45, 2.75) is 16.7 Å². The van der Waals surface area contributed by atoms with E-state index >= 15 is 0 Å². The zero-order valence-electron chi connectivity index (χ0n) is 13.0. The van der Waals surface area contributed by atoms with Gasteiger partial charge in [0.2, 0.25) is 0 Å². The quantitative estimate of drug-likeness (QED) is 0.568. The number of benzene rings is 2. The SMILES string of the molecule is O=C(O)c1ccccc1SC(Cn1ccnc1)c1ccc(Cl)cc1Cl. The Labute approximate surface area is 159 Å². The van der Waals surface area contributed by atoms with E-state index in [1.807, 2.05) is 22.9 Å². The number of hydrogen-bond donors (Lipinski definition) is 1. The van der Waals surface area contributed by atoms with Crippen LogP contribution < -0.4 is 0 Å². The minimum atomic E-state index is -0.952. The number of imidazole rings is 1. The molecule has 0 amide bonds. The molecule has 1 unspecified atom stereocenters. The van der Waals surface area contributed by atoms with Gasteiger partial charge in [0.15, 0.2) is 0 Å². The predicted octanol–water partition coefficient (Wildman–Crippen LogP) is 5.42. The zero-order chi connectivity index (χ0) is 17.8. The fourth-order valence-electron chi connectivity index (χ4n) is 2.45. The number of carbonyl (C=O) groups is 1. The summed E-state index contributed by atoms with van der Waals surface area (Å²) in [6.07, 6.45) is 5.29. The Morgan fingerprint density at radius 3 is 2.72 bits per heavy atom. The maximum Gasteiger partial charge on any atom is 0.336 e. The molecule has 7 heteroatoms. The van der Waals surface area contributed by atoms with Crippen LogP contribution in [0, 0.1) is 0 Å². The number of hydrogen-bond acceptors (Lipinski definition) is 3. The van der Waals surface area contributed by atoms with Crippen LogP contribution in [-0.4, -0.2) is 20.6 Å². The van der Waals surface area contributed by atoms with Gasteiger partial charge >= 0.3 is 5.97 Å². The van der Waals surface area contributed by atoms with Crippen molar-refractivity contribution in [3.05, 3.63) is 82.4 Å². The summed E-state index contributed by atoms with van der Waals surface area (Å²) in [5.74, 6) is -0.952. The minimum absolute atomic E-state index is 0.0977. The summed E-state index contributed by atoms with van der Waals surface area (Å²) in [5.41, 5.74) is 1.16. The van der Waals surface area contributed by atoms with Crippen LogP contribution in [0.4, 0.5) is 0 Å². The highest BCUT2D eigenvalue weighted by atomic mass is 35.5. The lowest BCUT2D eigenvalue weighted by Gasteiger charge is -2.20. The van der Waals surface area contributed by atoms with Crippen molar-refractivity contribution >= 4 is 40.9 Å². The number of thioether (sulfide) groups is 1. The lowest BCUT2D eigenvalue weighted by atomic mass is 10.1. The Kier molecular flexibility index (Phi) is 5.68. The highest BCUT2D eigenvalue weighted by molar-refractivity contribution is 7.99. The molecule has 1 aromatic heterocycles. The number of rotatable bonds is 6. The molecule has 0 bridgehead atoms. The average Bonchev–Trinajstić information content (AvgIpc) is 3.08. The maximum absolute atomic E-state index is 11.5. The number of aromatic nitrogens is 2. The second-order valence-electron chi connectivity index (χ2n) is 5.33. The molecular formula is C18H14Cl2N2O2S. The Hall–Kier alpha value is -1.95. The number of carboxylic acid groups (broad SMARTS) is 1. The van der Waals surface area contributed by atoms with E-state index in [-0.39, 0.29) is 10.8 Å². The monoisotopic (exact) mass is 392 g/mol. The van der Waals surface area contributed by atoms with Crippen molar-refractivity contribution in [1.82, 2.24) is 9.55 Å². The van der Waals surface area contributed by atoms with Gasteiger partial charge in [-0.05, 0) is 29.8 Å². The molecular weight excluding hydrogens is 379 g/mol. The number of aromatic carboxylic acids is 1. The largest absolute Gasteiger partial charge is 0.478 e. The Bertz CT molecular complexity index is 885. The molecule has 3 rings (SSSR count). The third-order valence-electron chi connectivity index (χ3n) is 3.63. The van der Waals surface area contributed by atoms with Crippen molar-refractivity contribution < 1.29 is 9.90 Å². The first kappa shape index (κ1) is 17.9. The first-order valence-corrected chi connectivity index (χ1v) is 9.08. The zero-order valence-corrected chi connectivity index (χ0v) is 15.3. The molecule has 0 saturated carbocycles. The second-order valence-corrected chi connectivity index (χ2v) is 7.42. The van der Waals surface area contributed by atoms with Crippen molar-refractivity contribution in [1.29, 1.82) is 0 Å². The molecule has 2 aromatic carbocycles. The number of halogens is 2. The van der Waals surface area contributed by atoms with E-state index in [4.69, 9.17) is 23.2 Å². The van der Waals surface area contributed by atoms with Crippen molar-refractivity contribution in [3.63, 3.8) is 0 Å². The first-order valence-electron chi connectivity index (χ1n) is 7.44. The van der Waals surface area contributed by atoms with E-state index in [1.165, 1.54) is 11.8 Å². The highest BCUT2D eigenvalue weighted by Crippen LogP contribution is 2.41. The normalized spacial score (nSPS) is 12.1. The van der Waals surface area contributed by atoms with E-state index in [9.17, 15) is 9.90 Å². The number of nitrogens with zero attached hydrogens (tertiary/aromatic N) is 2. The van der Waals surface area contributed by atoms with Gasteiger partial charge in [0.1, 0.15) is 0 Å². The third kappa shape index (κ3) is 4.37. The van der Waals surface area contributed by atoms with Gasteiger partial charge < -0.3 is 9.67 Å². The summed E-state index contributed by atoms with van der Waals surface area (Å²) in [7, 11) is 0. The first-order chi connectivity index (χ1) is 12.0. The van der Waals surface area contributed by atoms with Crippen LogP contribution in [0.25, 0.3) is 0 Å². The van der Waals surface area contributed by atoms with E-state index in [0.717, 1.165) is 5.56 Å². The molecule has 0 aliphatic carbocycles. The summed E-state index contributed by atoms with van der Waals surface area (Å²) >= 11 is 13.9. The molecule has 1 atom stereocenters. The van der Waals surface area contributed by atoms with E-state index in [0.29, 0.717) is 21.5 Å². The maximum atomic E-state index is 11.5. The molecule has 25 heavy (non-hydrogen) atoms. The molecule has 1 N–H and O–H groups in total. The van der Waals surface area contributed by atoms with Gasteiger partial charge in [0.05, 0.1) is 17.1 Å². The van der Waals surface area contributed by atoms with Crippen molar-refractivity contribution in [3.8, 4) is 0 Å². The summed E-state index contributed by atoms with van der Waals surface area (Å²) in [5, 5.41) is 10.4. The minimum Gasteiger partial charge on any atom is -0.478 e. The summed E-state index contributed by atoms with van der Waals surface area (Å²) in [6.45, 7) is 0.597. The molecule has 0 spiro atoms. The molecule has 3 aromatic rings. The molecule has 4 nitrogen and oxygen atoms in total. The van der Waals surface area contributed by atoms with Gasteiger partial charge in [-0.25, -0.2) is 9.78 Å². The van der Waals surface area contributed by atoms with Crippen LogP contribution in [0.5, 0.6) is 0 Å². The molecule has 0 aliphatic heterocycles. The third-order valence-corrected chi connectivity index (χ3v) is 5.49. The topological polar surface area (TPSA) is 55.1 Å². The Morgan fingerprint density at radius 2 is 2.04 bits per heavy atom. The summed E-state index contributed by atoms with van der Waals surface area (Å²) in [6, 6.07) is 12.3. The van der Waals surface area contributed by atoms with E-state index in [2.05, 4.69) is 4.98 Å². The predicted molar refractivity (Wildman–Crippen MR) is 101 cm³/mol. The second kappa shape index (κ2) is 7.95. The van der Waals surface area contributed by atoms with Crippen molar-refractivity contribution in [2.24, 2.45) is 0 Å². The molecule has 0 radical (unpaired) electrons. The summed E-state index contributed by atoms with van der Waals surface area (Å²) < 4.78 is 1.94. The van der Waals surface area contributed by atoms with Gasteiger partial charge in [-0.3, -0.25) is 0 Å². The van der Waals surface area contributed by atoms with E-state index < -0.39 is 5.97 Å². The van der Waals surface area contributed by atoms with Crippen LogP contribution in [0.15, 0.2) is 66.1 Å². The van der Waals surface area contributed by atoms with Crippen LogP contribution in [0.2, 0.25) is 10.0 Å². The average molecular weight is 393 g/mol. The molecule has 0 fully saturated rings. The van der Waals surface area contributed by atoms with E-state index in [1.54, 1.807) is 42.9 Å². The highest BCUT2D eigenvalue weighted by Gasteiger charge is 2.20. The molecule has 1 heterocycles. The van der Waals surface area contributed by atoms with Crippen LogP contribution in [0.1, 0.15) is 21.2 Å². The van der Waals surface area contributed by atoms with Crippen molar-refractivity contribution in [2.75, 3.05) is 0 Å². The van der Waals surface area contributed by atoms with Crippen LogP contribution in [0.3, 0.4) is 0 Å². The molecule has 0 aliphatic rings. The standard InChI is InChI=1S/C18H14Cl2N2O2S/c19-12-5-6-13(15(20)9-12)17(10-22-8-7-21-11-22)25-16-4-2-1-3-14(16)18(23)24/h1-9,11,17H,10H2,(H,23,24). The lowest BCUT2D eigenvalue weighted by Crippen LogP contribution is -2.07. The van der Waals surface area contributed by atoms with Crippen LogP contribution in [-0.2, 0) is 6.54 Å². The lowest BCUT2D eigenvalue weighted by molar-refractivity contribution is 0.0693. The Morgan fingerprint density at radius 1 is 1.24 bits per heavy atom. The van der Waals surface area contributed by atoms with Gasteiger partial charge in [0.25, 0.3) is 0 Å². The molecule has 0 saturated heterocycles. The summed E-state index contributed by atoms with van der Waals surface area (Å²) in [4.78, 5) is 16.2.